The van der Waals surface area contributed by atoms with Gasteiger partial charge in [-0.3, -0.25) is 0 Å². The van der Waals surface area contributed by atoms with Crippen LogP contribution in [-0.2, 0) is 0 Å². The topological polar surface area (TPSA) is 0 Å². The molecule has 0 aromatic heterocycles. The lowest BCUT2D eigenvalue weighted by molar-refractivity contribution is 0.576. The van der Waals surface area contributed by atoms with Crippen LogP contribution in [0.15, 0.2) is 23.8 Å². The lowest BCUT2D eigenvalue weighted by atomic mass is 10.1. The lowest BCUT2D eigenvalue weighted by Crippen LogP contribution is -1.81. The summed E-state index contributed by atoms with van der Waals surface area (Å²) in [6.45, 7) is 21.1. The smallest absolute Gasteiger partial charge is 0.0328 e. The highest BCUT2D eigenvalue weighted by molar-refractivity contribution is 4.91. The van der Waals surface area contributed by atoms with Gasteiger partial charge in [-0.2, -0.15) is 0 Å². The Morgan fingerprint density at radius 2 is 1.50 bits per heavy atom. The molecule has 0 amide bonds. The van der Waals surface area contributed by atoms with E-state index in [9.17, 15) is 0 Å². The second-order valence-corrected chi connectivity index (χ2v) is 5.58. The minimum atomic E-state index is 0.898. The van der Waals surface area contributed by atoms with Gasteiger partial charge in [-0.25, -0.2) is 0 Å². The number of allylic oxidation sites excluding steroid dienone is 3. The molecule has 0 atom stereocenters. The second-order valence-electron chi connectivity index (χ2n) is 5.58. The van der Waals surface area contributed by atoms with E-state index in [2.05, 4.69) is 68.0 Å². The molecule has 0 N–H and O–H groups in total. The Morgan fingerprint density at radius 3 is 1.50 bits per heavy atom. The molecular weight excluding hydrogens is 216 g/mol. The molecule has 0 nitrogen and oxygen atoms in total. The minimum Gasteiger partial charge on any atom is -0.100 e. The molecule has 0 unspecified atom stereocenters. The fraction of sp³-hybridized carbons (Fsp3) is 0.778. The number of rotatable bonds is 5. The summed E-state index contributed by atoms with van der Waals surface area (Å²) in [6.07, 6.45) is 8.50. The van der Waals surface area contributed by atoms with Gasteiger partial charge in [-0.15, -0.1) is 6.58 Å². The monoisotopic (exact) mass is 254 g/mol. The average molecular weight is 255 g/mol. The molecule has 0 rings (SSSR count). The highest BCUT2D eigenvalue weighted by Crippen LogP contribution is 2.00. The van der Waals surface area contributed by atoms with Gasteiger partial charge >= 0.3 is 0 Å². The van der Waals surface area contributed by atoms with Crippen LogP contribution < -0.4 is 0 Å². The number of hydrogen-bond acceptors (Lipinski definition) is 0. The first-order valence-corrected chi connectivity index (χ1v) is 7.59. The maximum atomic E-state index is 3.74. The molecule has 0 saturated heterocycles. The maximum absolute atomic E-state index is 3.74. The van der Waals surface area contributed by atoms with Crippen LogP contribution in [0.5, 0.6) is 0 Å². The summed E-state index contributed by atoms with van der Waals surface area (Å²) in [4.78, 5) is 0. The summed E-state index contributed by atoms with van der Waals surface area (Å²) in [5.41, 5.74) is 2.70. The predicted octanol–water partition coefficient (Wildman–Crippen LogP) is 7.17. The Kier molecular flexibility index (Phi) is 23.7. The molecule has 0 heteroatoms. The first-order valence-electron chi connectivity index (χ1n) is 7.59. The van der Waals surface area contributed by atoms with E-state index in [-0.39, 0.29) is 0 Å². The Bertz CT molecular complexity index is 180. The molecular formula is C18H38. The van der Waals surface area contributed by atoms with Gasteiger partial charge < -0.3 is 0 Å². The van der Waals surface area contributed by atoms with E-state index in [1.807, 2.05) is 0 Å². The van der Waals surface area contributed by atoms with Crippen LogP contribution in [0, 0.1) is 5.92 Å². The van der Waals surface area contributed by atoms with E-state index in [1.165, 1.54) is 43.3 Å². The number of hydrogen-bond donors (Lipinski definition) is 0. The molecule has 18 heavy (non-hydrogen) atoms. The highest BCUT2D eigenvalue weighted by atomic mass is 13.9. The van der Waals surface area contributed by atoms with Crippen molar-refractivity contribution in [3.05, 3.63) is 23.8 Å². The van der Waals surface area contributed by atoms with E-state index >= 15 is 0 Å². The molecule has 0 saturated carbocycles. The van der Waals surface area contributed by atoms with Gasteiger partial charge in [0.15, 0.2) is 0 Å². The van der Waals surface area contributed by atoms with Crippen molar-refractivity contribution in [2.75, 3.05) is 0 Å². The highest BCUT2D eigenvalue weighted by Gasteiger charge is 1.85. The standard InChI is InChI=1S/C6H14.2C6H12/c3*1-4-5-6(2)3/h6H,4-5H2,1-3H3;5H,4H2,1-3H3;2,4-5H2,1,3H3. The van der Waals surface area contributed by atoms with E-state index in [4.69, 9.17) is 0 Å². The fourth-order valence-electron chi connectivity index (χ4n) is 1.41. The zero-order valence-electron chi connectivity index (χ0n) is 14.4. The predicted molar refractivity (Wildman–Crippen MR) is 89.2 cm³/mol. The minimum absolute atomic E-state index is 0.898. The van der Waals surface area contributed by atoms with Crippen molar-refractivity contribution in [1.29, 1.82) is 0 Å². The van der Waals surface area contributed by atoms with Crippen LogP contribution in [0.25, 0.3) is 0 Å². The van der Waals surface area contributed by atoms with Crippen molar-refractivity contribution in [3.8, 4) is 0 Å². The average Bonchev–Trinajstić information content (AvgIpc) is 2.18. The summed E-state index contributed by atoms with van der Waals surface area (Å²) in [5.74, 6) is 0.898. The lowest BCUT2D eigenvalue weighted by Gasteiger charge is -1.95. The van der Waals surface area contributed by atoms with Gasteiger partial charge in [0.05, 0.1) is 0 Å². The van der Waals surface area contributed by atoms with Crippen molar-refractivity contribution in [2.45, 2.75) is 87.5 Å². The van der Waals surface area contributed by atoms with Crippen molar-refractivity contribution >= 4 is 0 Å². The summed E-state index contributed by atoms with van der Waals surface area (Å²) < 4.78 is 0. The summed E-state index contributed by atoms with van der Waals surface area (Å²) >= 11 is 0. The van der Waals surface area contributed by atoms with E-state index in [0.717, 1.165) is 5.92 Å². The zero-order valence-corrected chi connectivity index (χ0v) is 14.4. The quantitative estimate of drug-likeness (QED) is 0.456. The van der Waals surface area contributed by atoms with E-state index in [0.29, 0.717) is 0 Å². The van der Waals surface area contributed by atoms with Crippen LogP contribution >= 0.6 is 0 Å². The fourth-order valence-corrected chi connectivity index (χ4v) is 1.41. The van der Waals surface area contributed by atoms with Crippen LogP contribution in [-0.4, -0.2) is 0 Å². The van der Waals surface area contributed by atoms with Crippen LogP contribution in [0.4, 0.5) is 0 Å². The summed E-state index contributed by atoms with van der Waals surface area (Å²) in [6, 6.07) is 0. The van der Waals surface area contributed by atoms with Crippen molar-refractivity contribution in [3.63, 3.8) is 0 Å². The van der Waals surface area contributed by atoms with E-state index in [1.54, 1.807) is 0 Å². The first-order chi connectivity index (χ1) is 8.31. The Hall–Kier alpha value is -0.520. The van der Waals surface area contributed by atoms with E-state index < -0.39 is 0 Å². The molecule has 0 aromatic rings. The van der Waals surface area contributed by atoms with Gasteiger partial charge in [0.2, 0.25) is 0 Å². The zero-order chi connectivity index (χ0) is 15.0. The van der Waals surface area contributed by atoms with Crippen molar-refractivity contribution in [2.24, 2.45) is 5.92 Å². The maximum Gasteiger partial charge on any atom is -0.0328 e. The Morgan fingerprint density at radius 1 is 1.00 bits per heavy atom. The molecule has 0 aliphatic carbocycles. The largest absolute Gasteiger partial charge is 0.100 e. The summed E-state index contributed by atoms with van der Waals surface area (Å²) in [7, 11) is 0. The Balaban J connectivity index is -0.000000187. The van der Waals surface area contributed by atoms with Crippen LogP contribution in [0.1, 0.15) is 87.5 Å². The van der Waals surface area contributed by atoms with Gasteiger partial charge in [0, 0.05) is 0 Å². The summed E-state index contributed by atoms with van der Waals surface area (Å²) in [5, 5.41) is 0. The molecule has 0 aliphatic heterocycles. The normalized spacial score (nSPS) is 8.72. The third-order valence-corrected chi connectivity index (χ3v) is 2.16. The molecule has 110 valence electrons. The van der Waals surface area contributed by atoms with Gasteiger partial charge in [-0.1, -0.05) is 71.1 Å². The third-order valence-electron chi connectivity index (χ3n) is 2.16. The molecule has 0 spiro atoms. The third kappa shape index (κ3) is 45.1. The van der Waals surface area contributed by atoms with Gasteiger partial charge in [0.25, 0.3) is 0 Å². The molecule has 0 bridgehead atoms. The molecule has 0 aliphatic rings. The van der Waals surface area contributed by atoms with Crippen LogP contribution in [0.3, 0.4) is 0 Å². The SMILES string of the molecule is C=C(C)CCC.CCC=C(C)C.CCCC(C)C. The first kappa shape index (κ1) is 22.6. The van der Waals surface area contributed by atoms with Crippen molar-refractivity contribution < 1.29 is 0 Å². The molecule has 0 fully saturated rings. The van der Waals surface area contributed by atoms with Crippen molar-refractivity contribution in [1.82, 2.24) is 0 Å². The Labute approximate surface area is 118 Å². The van der Waals surface area contributed by atoms with Gasteiger partial charge in [-0.05, 0) is 39.5 Å². The van der Waals surface area contributed by atoms with Crippen LogP contribution in [0.2, 0.25) is 0 Å². The van der Waals surface area contributed by atoms with Gasteiger partial charge in [0.1, 0.15) is 0 Å². The molecule has 0 aromatic carbocycles. The molecule has 0 radical (unpaired) electrons. The molecule has 0 heterocycles. The second kappa shape index (κ2) is 18.8.